The molecular formula is C22H25F2NO2. The van der Waals surface area contributed by atoms with Crippen molar-refractivity contribution in [1.82, 2.24) is 4.90 Å². The first-order chi connectivity index (χ1) is 13.0. The molecule has 1 saturated heterocycles. The Labute approximate surface area is 158 Å². The molecule has 0 radical (unpaired) electrons. The second-order valence-corrected chi connectivity index (χ2v) is 7.64. The van der Waals surface area contributed by atoms with Crippen LogP contribution >= 0.6 is 0 Å². The monoisotopic (exact) mass is 373 g/mol. The normalized spacial score (nSPS) is 24.4. The number of likely N-dealkylation sites (N-methyl/N-ethyl adjacent to an activating group) is 1. The van der Waals surface area contributed by atoms with Crippen LogP contribution < -0.4 is 9.47 Å². The van der Waals surface area contributed by atoms with Crippen molar-refractivity contribution in [2.45, 2.75) is 31.2 Å². The Balaban J connectivity index is 1.68. The minimum atomic E-state index is -0.211. The van der Waals surface area contributed by atoms with E-state index in [0.29, 0.717) is 17.4 Å². The second-order valence-electron chi connectivity index (χ2n) is 7.64. The Bertz CT molecular complexity index is 854. The summed E-state index contributed by atoms with van der Waals surface area (Å²) >= 11 is 0. The van der Waals surface area contributed by atoms with Crippen molar-refractivity contribution >= 4 is 0 Å². The summed E-state index contributed by atoms with van der Waals surface area (Å²) in [6.07, 6.45) is 2.51. The molecule has 0 amide bonds. The molecule has 144 valence electrons. The van der Waals surface area contributed by atoms with Gasteiger partial charge in [0.2, 0.25) is 0 Å². The van der Waals surface area contributed by atoms with E-state index in [4.69, 9.17) is 9.47 Å². The Morgan fingerprint density at radius 2 is 1.96 bits per heavy atom. The minimum Gasteiger partial charge on any atom is -0.493 e. The van der Waals surface area contributed by atoms with Gasteiger partial charge in [-0.25, -0.2) is 8.78 Å². The van der Waals surface area contributed by atoms with Crippen molar-refractivity contribution in [3.05, 3.63) is 58.7 Å². The molecule has 3 atom stereocenters. The molecule has 1 aliphatic heterocycles. The van der Waals surface area contributed by atoms with Gasteiger partial charge in [-0.15, -0.1) is 0 Å². The molecular weight excluding hydrogens is 348 g/mol. The van der Waals surface area contributed by atoms with E-state index in [-0.39, 0.29) is 23.6 Å². The zero-order valence-electron chi connectivity index (χ0n) is 16.0. The van der Waals surface area contributed by atoms with E-state index in [1.165, 1.54) is 19.2 Å². The van der Waals surface area contributed by atoms with E-state index in [9.17, 15) is 4.39 Å². The number of benzene rings is 2. The van der Waals surface area contributed by atoms with E-state index in [1.807, 2.05) is 6.07 Å². The maximum atomic E-state index is 15.0. The van der Waals surface area contributed by atoms with Crippen LogP contribution in [-0.4, -0.2) is 38.8 Å². The molecule has 0 saturated carbocycles. The van der Waals surface area contributed by atoms with Gasteiger partial charge >= 0.3 is 0 Å². The first-order valence-electron chi connectivity index (χ1n) is 9.41. The van der Waals surface area contributed by atoms with Crippen LogP contribution in [-0.2, 0) is 12.8 Å². The van der Waals surface area contributed by atoms with Crippen molar-refractivity contribution < 1.29 is 18.3 Å². The van der Waals surface area contributed by atoms with Crippen LogP contribution in [0.3, 0.4) is 0 Å². The van der Waals surface area contributed by atoms with Crippen LogP contribution in [0, 0.1) is 17.6 Å². The zero-order chi connectivity index (χ0) is 19.1. The highest BCUT2D eigenvalue weighted by atomic mass is 19.1. The zero-order valence-corrected chi connectivity index (χ0v) is 16.0. The lowest BCUT2D eigenvalue weighted by Crippen LogP contribution is -2.33. The third kappa shape index (κ3) is 3.08. The lowest BCUT2D eigenvalue weighted by atomic mass is 9.73. The quantitative estimate of drug-likeness (QED) is 0.802. The smallest absolute Gasteiger partial charge is 0.164 e. The highest BCUT2D eigenvalue weighted by Crippen LogP contribution is 2.50. The molecule has 4 rings (SSSR count). The van der Waals surface area contributed by atoms with Gasteiger partial charge in [-0.2, -0.15) is 0 Å². The minimum absolute atomic E-state index is 0.122. The average molecular weight is 373 g/mol. The van der Waals surface area contributed by atoms with Crippen molar-refractivity contribution in [2.75, 3.05) is 27.8 Å². The number of methoxy groups -OCH3 is 2. The van der Waals surface area contributed by atoms with Crippen LogP contribution in [0.5, 0.6) is 11.5 Å². The van der Waals surface area contributed by atoms with Crippen LogP contribution in [0.15, 0.2) is 30.3 Å². The fourth-order valence-electron chi connectivity index (χ4n) is 5.10. The molecule has 0 N–H and O–H groups in total. The highest BCUT2D eigenvalue weighted by molar-refractivity contribution is 5.54. The van der Waals surface area contributed by atoms with Crippen molar-refractivity contribution in [3.63, 3.8) is 0 Å². The van der Waals surface area contributed by atoms with E-state index >= 15 is 4.39 Å². The summed E-state index contributed by atoms with van der Waals surface area (Å²) in [5, 5.41) is 0. The number of ether oxygens (including phenoxy) is 2. The number of halogens is 2. The first-order valence-corrected chi connectivity index (χ1v) is 9.41. The Morgan fingerprint density at radius 1 is 1.15 bits per heavy atom. The largest absolute Gasteiger partial charge is 0.493 e. The fourth-order valence-corrected chi connectivity index (χ4v) is 5.10. The Kier molecular flexibility index (Phi) is 4.81. The molecule has 2 aliphatic rings. The van der Waals surface area contributed by atoms with Gasteiger partial charge in [0.05, 0.1) is 14.2 Å². The molecule has 2 aromatic rings. The number of rotatable bonds is 4. The summed E-state index contributed by atoms with van der Waals surface area (Å²) in [5.41, 5.74) is 2.71. The Morgan fingerprint density at radius 3 is 2.67 bits per heavy atom. The number of nitrogens with zero attached hydrogens (tertiary/aromatic N) is 1. The molecule has 0 aromatic heterocycles. The lowest BCUT2D eigenvalue weighted by Gasteiger charge is -2.33. The standard InChI is InChI=1S/C22H25F2NO2/c1-25-12-17-15(19(25)10-13-5-4-6-14(23)9-13)7-8-16-21(17)18(24)11-20(26-2)22(16)27-3/h4-6,9,11,15,17,19H,7-8,10,12H2,1-3H3. The van der Waals surface area contributed by atoms with E-state index in [2.05, 4.69) is 11.9 Å². The lowest BCUT2D eigenvalue weighted by molar-refractivity contribution is 0.257. The molecule has 1 fully saturated rings. The van der Waals surface area contributed by atoms with E-state index in [1.54, 1.807) is 19.2 Å². The van der Waals surface area contributed by atoms with Gasteiger partial charge in [-0.1, -0.05) is 12.1 Å². The number of likely N-dealkylation sites (tertiary alicyclic amines) is 1. The second kappa shape index (κ2) is 7.12. The third-order valence-electron chi connectivity index (χ3n) is 6.26. The van der Waals surface area contributed by atoms with Crippen LogP contribution in [0.1, 0.15) is 29.0 Å². The molecule has 2 aromatic carbocycles. The van der Waals surface area contributed by atoms with Gasteiger partial charge < -0.3 is 14.4 Å². The molecule has 1 aliphatic carbocycles. The summed E-state index contributed by atoms with van der Waals surface area (Å²) in [5.74, 6) is 1.16. The first kappa shape index (κ1) is 18.2. The molecule has 27 heavy (non-hydrogen) atoms. The van der Waals surface area contributed by atoms with Gasteiger partial charge in [-0.3, -0.25) is 0 Å². The maximum Gasteiger partial charge on any atom is 0.164 e. The van der Waals surface area contributed by atoms with Gasteiger partial charge in [-0.05, 0) is 55.5 Å². The van der Waals surface area contributed by atoms with Gasteiger partial charge in [0.25, 0.3) is 0 Å². The summed E-state index contributed by atoms with van der Waals surface area (Å²) in [6.45, 7) is 0.796. The van der Waals surface area contributed by atoms with Crippen molar-refractivity contribution in [2.24, 2.45) is 5.92 Å². The predicted octanol–water partition coefficient (Wildman–Crippen LogP) is 4.18. The van der Waals surface area contributed by atoms with Crippen LogP contribution in [0.2, 0.25) is 0 Å². The fraction of sp³-hybridized carbons (Fsp3) is 0.455. The molecule has 3 unspecified atom stereocenters. The van der Waals surface area contributed by atoms with Crippen molar-refractivity contribution in [3.8, 4) is 11.5 Å². The predicted molar refractivity (Wildman–Crippen MR) is 101 cm³/mol. The molecule has 1 heterocycles. The van der Waals surface area contributed by atoms with Crippen LogP contribution in [0.25, 0.3) is 0 Å². The summed E-state index contributed by atoms with van der Waals surface area (Å²) in [7, 11) is 5.23. The van der Waals surface area contributed by atoms with Gasteiger partial charge in [0.1, 0.15) is 11.6 Å². The summed E-state index contributed by atoms with van der Waals surface area (Å²) in [4.78, 5) is 2.30. The maximum absolute atomic E-state index is 15.0. The van der Waals surface area contributed by atoms with Crippen molar-refractivity contribution in [1.29, 1.82) is 0 Å². The molecule has 0 spiro atoms. The molecule has 0 bridgehead atoms. The van der Waals surface area contributed by atoms with Gasteiger partial charge in [0.15, 0.2) is 11.5 Å². The SMILES string of the molecule is COc1cc(F)c2c(c1OC)CCC1C2CN(C)C1Cc1cccc(F)c1. The highest BCUT2D eigenvalue weighted by Gasteiger charge is 2.45. The summed E-state index contributed by atoms with van der Waals surface area (Å²) in [6, 6.07) is 8.51. The van der Waals surface area contributed by atoms with Crippen LogP contribution in [0.4, 0.5) is 8.78 Å². The number of hydrogen-bond donors (Lipinski definition) is 0. The Hall–Kier alpha value is -2.14. The average Bonchev–Trinajstić information content (AvgIpc) is 2.96. The van der Waals surface area contributed by atoms with E-state index in [0.717, 1.165) is 42.5 Å². The topological polar surface area (TPSA) is 21.7 Å². The third-order valence-corrected chi connectivity index (χ3v) is 6.26. The molecule has 5 heteroatoms. The van der Waals surface area contributed by atoms with Gasteiger partial charge in [0, 0.05) is 30.1 Å². The number of hydrogen-bond acceptors (Lipinski definition) is 3. The summed E-state index contributed by atoms with van der Waals surface area (Å²) < 4.78 is 39.5. The number of fused-ring (bicyclic) bond motifs is 3. The van der Waals surface area contributed by atoms with E-state index < -0.39 is 0 Å². The molecule has 3 nitrogen and oxygen atoms in total.